The Morgan fingerprint density at radius 1 is 1.44 bits per heavy atom. The maximum atomic E-state index is 6.01. The third kappa shape index (κ3) is 2.06. The van der Waals surface area contributed by atoms with E-state index in [4.69, 9.17) is 11.6 Å². The Balaban J connectivity index is 1.97. The molecule has 0 spiro atoms. The number of anilines is 1. The normalized spacial score (nSPS) is 20.2. The molecule has 2 aromatic heterocycles. The van der Waals surface area contributed by atoms with Gasteiger partial charge in [0, 0.05) is 19.1 Å². The number of rotatable bonds is 2. The van der Waals surface area contributed by atoms with Gasteiger partial charge in [0.15, 0.2) is 0 Å². The number of nitrogens with zero attached hydrogens (tertiary/aromatic N) is 4. The molecule has 3 rings (SSSR count). The quantitative estimate of drug-likeness (QED) is 0.792. The Morgan fingerprint density at radius 2 is 2.28 bits per heavy atom. The van der Waals surface area contributed by atoms with Gasteiger partial charge in [0.05, 0.1) is 5.39 Å². The van der Waals surface area contributed by atoms with Crippen LogP contribution in [0, 0.1) is 0 Å². The molecule has 3 heterocycles. The van der Waals surface area contributed by atoms with Crippen LogP contribution in [0.25, 0.3) is 10.2 Å². The fourth-order valence-electron chi connectivity index (χ4n) is 2.41. The van der Waals surface area contributed by atoms with Crippen LogP contribution in [0.4, 0.5) is 5.82 Å². The van der Waals surface area contributed by atoms with E-state index in [1.807, 2.05) is 5.38 Å². The van der Waals surface area contributed by atoms with Gasteiger partial charge in [-0.3, -0.25) is 0 Å². The Kier molecular flexibility index (Phi) is 3.13. The van der Waals surface area contributed by atoms with E-state index in [9.17, 15) is 0 Å². The van der Waals surface area contributed by atoms with E-state index in [-0.39, 0.29) is 0 Å². The largest absolute Gasteiger partial charge is 0.354 e. The van der Waals surface area contributed by atoms with E-state index in [0.717, 1.165) is 29.1 Å². The van der Waals surface area contributed by atoms with Crippen LogP contribution in [-0.4, -0.2) is 48.1 Å². The highest BCUT2D eigenvalue weighted by Gasteiger charge is 2.26. The molecule has 0 amide bonds. The van der Waals surface area contributed by atoms with Crippen LogP contribution in [0.15, 0.2) is 11.4 Å². The van der Waals surface area contributed by atoms with E-state index < -0.39 is 0 Å². The summed E-state index contributed by atoms with van der Waals surface area (Å²) in [5.74, 6) is 0.982. The van der Waals surface area contributed by atoms with E-state index >= 15 is 0 Å². The summed E-state index contributed by atoms with van der Waals surface area (Å²) in [4.78, 5) is 14.2. The third-order valence-corrected chi connectivity index (χ3v) is 4.45. The number of aromatic nitrogens is 2. The minimum absolute atomic E-state index is 0.341. The molecule has 1 fully saturated rings. The van der Waals surface area contributed by atoms with Gasteiger partial charge in [-0.05, 0) is 43.6 Å². The first kappa shape index (κ1) is 12.1. The molecule has 1 aliphatic heterocycles. The minimum atomic E-state index is 0.341. The summed E-state index contributed by atoms with van der Waals surface area (Å²) >= 11 is 7.61. The van der Waals surface area contributed by atoms with Crippen LogP contribution in [0.3, 0.4) is 0 Å². The zero-order chi connectivity index (χ0) is 12.7. The van der Waals surface area contributed by atoms with Crippen molar-refractivity contribution in [3.05, 3.63) is 16.7 Å². The fourth-order valence-corrected chi connectivity index (χ4v) is 3.38. The first-order valence-electron chi connectivity index (χ1n) is 5.97. The first-order chi connectivity index (χ1) is 8.65. The molecule has 0 bridgehead atoms. The van der Waals surface area contributed by atoms with Gasteiger partial charge in [0.25, 0.3) is 0 Å². The average Bonchev–Trinajstić information content (AvgIpc) is 2.95. The molecule has 18 heavy (non-hydrogen) atoms. The van der Waals surface area contributed by atoms with Gasteiger partial charge in [0.2, 0.25) is 5.28 Å². The fraction of sp³-hybridized carbons (Fsp3) is 0.500. The molecule has 0 radical (unpaired) electrons. The second-order valence-corrected chi connectivity index (χ2v) is 6.04. The monoisotopic (exact) mass is 282 g/mol. The number of hydrogen-bond donors (Lipinski definition) is 0. The molecule has 1 unspecified atom stereocenters. The molecule has 0 aliphatic carbocycles. The summed E-state index contributed by atoms with van der Waals surface area (Å²) in [6, 6.07) is 2.67. The highest BCUT2D eigenvalue weighted by atomic mass is 35.5. The van der Waals surface area contributed by atoms with E-state index in [2.05, 4.69) is 39.9 Å². The third-order valence-electron chi connectivity index (χ3n) is 3.47. The SMILES string of the molecule is CN(C)C1CCN(c2nc(Cl)nc3sccc23)C1. The maximum Gasteiger partial charge on any atom is 0.225 e. The second kappa shape index (κ2) is 4.64. The van der Waals surface area contributed by atoms with Crippen molar-refractivity contribution in [2.24, 2.45) is 0 Å². The summed E-state index contributed by atoms with van der Waals surface area (Å²) < 4.78 is 0. The molecule has 96 valence electrons. The zero-order valence-electron chi connectivity index (χ0n) is 10.4. The molecule has 0 saturated carbocycles. The lowest BCUT2D eigenvalue weighted by Gasteiger charge is -2.21. The van der Waals surface area contributed by atoms with E-state index in [0.29, 0.717) is 11.3 Å². The van der Waals surface area contributed by atoms with E-state index in [1.54, 1.807) is 11.3 Å². The number of hydrogen-bond acceptors (Lipinski definition) is 5. The van der Waals surface area contributed by atoms with Crippen molar-refractivity contribution in [3.63, 3.8) is 0 Å². The molecule has 1 atom stereocenters. The van der Waals surface area contributed by atoms with Gasteiger partial charge in [0.1, 0.15) is 10.6 Å². The smallest absolute Gasteiger partial charge is 0.225 e. The van der Waals surface area contributed by atoms with Crippen LogP contribution in [0.1, 0.15) is 6.42 Å². The average molecular weight is 283 g/mol. The van der Waals surface area contributed by atoms with Crippen molar-refractivity contribution in [1.82, 2.24) is 14.9 Å². The summed E-state index contributed by atoms with van der Waals surface area (Å²) in [5.41, 5.74) is 0. The number of halogens is 1. The Morgan fingerprint density at radius 3 is 3.00 bits per heavy atom. The highest BCUT2D eigenvalue weighted by molar-refractivity contribution is 7.16. The van der Waals surface area contributed by atoms with Crippen molar-refractivity contribution in [1.29, 1.82) is 0 Å². The zero-order valence-corrected chi connectivity index (χ0v) is 12.0. The summed E-state index contributed by atoms with van der Waals surface area (Å²) in [7, 11) is 4.25. The van der Waals surface area contributed by atoms with Crippen molar-refractivity contribution >= 4 is 39.0 Å². The lowest BCUT2D eigenvalue weighted by molar-refractivity contribution is 0.315. The molecule has 1 aliphatic rings. The van der Waals surface area contributed by atoms with Crippen molar-refractivity contribution in [2.45, 2.75) is 12.5 Å². The number of fused-ring (bicyclic) bond motifs is 1. The Labute approximate surface area is 115 Å². The highest BCUT2D eigenvalue weighted by Crippen LogP contribution is 2.31. The molecule has 1 saturated heterocycles. The standard InChI is InChI=1S/C12H15ClN4S/c1-16(2)8-3-5-17(7-8)10-9-4-6-18-11(9)15-12(13)14-10/h4,6,8H,3,5,7H2,1-2H3. The molecule has 2 aromatic rings. The summed E-state index contributed by atoms with van der Waals surface area (Å²) in [5, 5.41) is 3.50. The molecular formula is C12H15ClN4S. The molecular weight excluding hydrogens is 268 g/mol. The van der Waals surface area contributed by atoms with Crippen molar-refractivity contribution in [2.75, 3.05) is 32.1 Å². The predicted molar refractivity (Wildman–Crippen MR) is 76.7 cm³/mol. The van der Waals surface area contributed by atoms with Crippen molar-refractivity contribution < 1.29 is 0 Å². The maximum absolute atomic E-state index is 6.01. The van der Waals surface area contributed by atoms with Crippen LogP contribution < -0.4 is 4.90 Å². The van der Waals surface area contributed by atoms with Crippen LogP contribution in [0.5, 0.6) is 0 Å². The number of thiophene rings is 1. The lowest BCUT2D eigenvalue weighted by Crippen LogP contribution is -2.31. The van der Waals surface area contributed by atoms with Crippen LogP contribution in [0.2, 0.25) is 5.28 Å². The van der Waals surface area contributed by atoms with Gasteiger partial charge >= 0.3 is 0 Å². The minimum Gasteiger partial charge on any atom is -0.354 e. The van der Waals surface area contributed by atoms with Crippen molar-refractivity contribution in [3.8, 4) is 0 Å². The molecule has 0 N–H and O–H groups in total. The van der Waals surface area contributed by atoms with Gasteiger partial charge in [-0.15, -0.1) is 11.3 Å². The summed E-state index contributed by atoms with van der Waals surface area (Å²) in [6.07, 6.45) is 1.17. The Bertz CT molecular complexity index is 568. The topological polar surface area (TPSA) is 32.3 Å². The van der Waals surface area contributed by atoms with Gasteiger partial charge in [-0.25, -0.2) is 4.98 Å². The summed E-state index contributed by atoms with van der Waals surface area (Å²) in [6.45, 7) is 2.03. The van der Waals surface area contributed by atoms with Gasteiger partial charge in [-0.2, -0.15) is 4.98 Å². The van der Waals surface area contributed by atoms with Crippen LogP contribution >= 0.6 is 22.9 Å². The molecule has 0 aromatic carbocycles. The molecule has 4 nitrogen and oxygen atoms in total. The number of likely N-dealkylation sites (N-methyl/N-ethyl adjacent to an activating group) is 1. The van der Waals surface area contributed by atoms with Gasteiger partial charge < -0.3 is 9.80 Å². The Hall–Kier alpha value is -0.910. The van der Waals surface area contributed by atoms with Gasteiger partial charge in [-0.1, -0.05) is 0 Å². The second-order valence-electron chi connectivity index (χ2n) is 4.81. The lowest BCUT2D eigenvalue weighted by atomic mass is 10.2. The molecule has 6 heteroatoms. The van der Waals surface area contributed by atoms with E-state index in [1.165, 1.54) is 6.42 Å². The first-order valence-corrected chi connectivity index (χ1v) is 7.23. The van der Waals surface area contributed by atoms with Crippen LogP contribution in [-0.2, 0) is 0 Å². The predicted octanol–water partition coefficient (Wildman–Crippen LogP) is 2.49.